The molecule has 2 aromatic carbocycles. The molecule has 4 heteroatoms. The Balaban J connectivity index is 1.81. The molecule has 0 bridgehead atoms. The summed E-state index contributed by atoms with van der Waals surface area (Å²) in [7, 11) is 0. The van der Waals surface area contributed by atoms with Gasteiger partial charge in [0.1, 0.15) is 13.2 Å². The zero-order valence-electron chi connectivity index (χ0n) is 12.1. The minimum Gasteiger partial charge on any atom is -0.486 e. The smallest absolute Gasteiger partial charge is 0.255 e. The second-order valence-corrected chi connectivity index (χ2v) is 5.13. The molecule has 0 radical (unpaired) electrons. The third-order valence-corrected chi connectivity index (χ3v) is 3.43. The summed E-state index contributed by atoms with van der Waals surface area (Å²) in [5.74, 6) is 1.26. The van der Waals surface area contributed by atoms with E-state index in [0.717, 1.165) is 11.1 Å². The van der Waals surface area contributed by atoms with E-state index in [2.05, 4.69) is 5.32 Å². The average Bonchev–Trinajstić information content (AvgIpc) is 2.47. The van der Waals surface area contributed by atoms with E-state index in [1.54, 1.807) is 6.07 Å². The Morgan fingerprint density at radius 1 is 1.00 bits per heavy atom. The number of anilines is 1. The average molecular weight is 283 g/mol. The normalized spacial score (nSPS) is 12.9. The maximum absolute atomic E-state index is 12.3. The molecule has 0 aliphatic carbocycles. The summed E-state index contributed by atoms with van der Waals surface area (Å²) in [4.78, 5) is 12.3. The molecule has 4 nitrogen and oxygen atoms in total. The third kappa shape index (κ3) is 2.84. The highest BCUT2D eigenvalue weighted by Gasteiger charge is 2.14. The van der Waals surface area contributed by atoms with Crippen LogP contribution in [0.5, 0.6) is 11.5 Å². The highest BCUT2D eigenvalue weighted by molar-refractivity contribution is 6.05. The van der Waals surface area contributed by atoms with Gasteiger partial charge in [0.2, 0.25) is 0 Å². The van der Waals surface area contributed by atoms with Crippen LogP contribution in [0.4, 0.5) is 5.69 Å². The van der Waals surface area contributed by atoms with E-state index in [9.17, 15) is 4.79 Å². The van der Waals surface area contributed by atoms with E-state index in [-0.39, 0.29) is 5.91 Å². The second kappa shape index (κ2) is 5.48. The molecule has 1 amide bonds. The first-order chi connectivity index (χ1) is 10.1. The lowest BCUT2D eigenvalue weighted by atomic mass is 10.1. The molecule has 0 unspecified atom stereocenters. The molecule has 1 N–H and O–H groups in total. The predicted octanol–water partition coefficient (Wildman–Crippen LogP) is 3.33. The SMILES string of the molecule is Cc1ccc(C(=O)Nc2ccc3c(c2)OCCO3)c(C)c1. The van der Waals surface area contributed by atoms with Gasteiger partial charge in [0, 0.05) is 17.3 Å². The molecule has 2 aromatic rings. The van der Waals surface area contributed by atoms with E-state index >= 15 is 0 Å². The number of ether oxygens (including phenoxy) is 2. The van der Waals surface area contributed by atoms with Gasteiger partial charge in [0.25, 0.3) is 5.91 Å². The molecular formula is C17H17NO3. The van der Waals surface area contributed by atoms with Crippen molar-refractivity contribution in [2.24, 2.45) is 0 Å². The van der Waals surface area contributed by atoms with Gasteiger partial charge in [-0.15, -0.1) is 0 Å². The van der Waals surface area contributed by atoms with Crippen molar-refractivity contribution in [2.45, 2.75) is 13.8 Å². The van der Waals surface area contributed by atoms with E-state index in [4.69, 9.17) is 9.47 Å². The van der Waals surface area contributed by atoms with Gasteiger partial charge in [0.15, 0.2) is 11.5 Å². The van der Waals surface area contributed by atoms with Gasteiger partial charge in [-0.3, -0.25) is 4.79 Å². The van der Waals surface area contributed by atoms with Crippen LogP contribution in [0.3, 0.4) is 0 Å². The van der Waals surface area contributed by atoms with E-state index in [1.807, 2.05) is 44.2 Å². The highest BCUT2D eigenvalue weighted by Crippen LogP contribution is 2.32. The van der Waals surface area contributed by atoms with Crippen LogP contribution < -0.4 is 14.8 Å². The summed E-state index contributed by atoms with van der Waals surface area (Å²) >= 11 is 0. The van der Waals surface area contributed by atoms with E-state index in [0.29, 0.717) is 36.0 Å². The third-order valence-electron chi connectivity index (χ3n) is 3.43. The van der Waals surface area contributed by atoms with Crippen molar-refractivity contribution >= 4 is 11.6 Å². The number of rotatable bonds is 2. The van der Waals surface area contributed by atoms with Crippen molar-refractivity contribution in [2.75, 3.05) is 18.5 Å². The van der Waals surface area contributed by atoms with Crippen LogP contribution in [0, 0.1) is 13.8 Å². The molecule has 1 aliphatic heterocycles. The van der Waals surface area contributed by atoms with Crippen molar-refractivity contribution in [1.29, 1.82) is 0 Å². The predicted molar refractivity (Wildman–Crippen MR) is 81.3 cm³/mol. The van der Waals surface area contributed by atoms with Crippen molar-refractivity contribution < 1.29 is 14.3 Å². The zero-order valence-corrected chi connectivity index (χ0v) is 12.1. The lowest BCUT2D eigenvalue weighted by Crippen LogP contribution is -2.17. The first kappa shape index (κ1) is 13.5. The minimum absolute atomic E-state index is 0.121. The lowest BCUT2D eigenvalue weighted by Gasteiger charge is -2.19. The summed E-state index contributed by atoms with van der Waals surface area (Å²) in [6.07, 6.45) is 0. The number of amides is 1. The van der Waals surface area contributed by atoms with Crippen LogP contribution in [0.1, 0.15) is 21.5 Å². The summed E-state index contributed by atoms with van der Waals surface area (Å²) in [6.45, 7) is 5.03. The summed E-state index contributed by atoms with van der Waals surface area (Å²) in [6, 6.07) is 11.2. The fourth-order valence-corrected chi connectivity index (χ4v) is 2.39. The number of carbonyl (C=O) groups excluding carboxylic acids is 1. The number of hydrogen-bond acceptors (Lipinski definition) is 3. The minimum atomic E-state index is -0.121. The van der Waals surface area contributed by atoms with Gasteiger partial charge in [-0.05, 0) is 37.6 Å². The van der Waals surface area contributed by atoms with Gasteiger partial charge in [0.05, 0.1) is 0 Å². The topological polar surface area (TPSA) is 47.6 Å². The monoisotopic (exact) mass is 283 g/mol. The molecular weight excluding hydrogens is 266 g/mol. The van der Waals surface area contributed by atoms with Crippen molar-refractivity contribution in [3.8, 4) is 11.5 Å². The maximum Gasteiger partial charge on any atom is 0.255 e. The van der Waals surface area contributed by atoms with Crippen LogP contribution >= 0.6 is 0 Å². The molecule has 1 heterocycles. The van der Waals surface area contributed by atoms with Crippen molar-refractivity contribution in [1.82, 2.24) is 0 Å². The van der Waals surface area contributed by atoms with Crippen molar-refractivity contribution in [3.63, 3.8) is 0 Å². The Hall–Kier alpha value is -2.49. The van der Waals surface area contributed by atoms with Gasteiger partial charge in [-0.25, -0.2) is 0 Å². The molecule has 0 atom stereocenters. The molecule has 108 valence electrons. The van der Waals surface area contributed by atoms with Crippen LogP contribution in [0.15, 0.2) is 36.4 Å². The molecule has 1 aliphatic rings. The Kier molecular flexibility index (Phi) is 3.52. The Morgan fingerprint density at radius 3 is 2.52 bits per heavy atom. The van der Waals surface area contributed by atoms with Crippen LogP contribution in [-0.2, 0) is 0 Å². The number of hydrogen-bond donors (Lipinski definition) is 1. The lowest BCUT2D eigenvalue weighted by molar-refractivity contribution is 0.102. The summed E-state index contributed by atoms with van der Waals surface area (Å²) < 4.78 is 11.0. The maximum atomic E-state index is 12.3. The molecule has 0 fully saturated rings. The van der Waals surface area contributed by atoms with Gasteiger partial charge >= 0.3 is 0 Å². The Morgan fingerprint density at radius 2 is 1.76 bits per heavy atom. The largest absolute Gasteiger partial charge is 0.486 e. The molecule has 21 heavy (non-hydrogen) atoms. The number of fused-ring (bicyclic) bond motifs is 1. The Bertz CT molecular complexity index is 694. The van der Waals surface area contributed by atoms with Gasteiger partial charge < -0.3 is 14.8 Å². The zero-order chi connectivity index (χ0) is 14.8. The number of aryl methyl sites for hydroxylation is 2. The van der Waals surface area contributed by atoms with E-state index < -0.39 is 0 Å². The summed E-state index contributed by atoms with van der Waals surface area (Å²) in [5, 5.41) is 2.89. The molecule has 0 aromatic heterocycles. The van der Waals surface area contributed by atoms with E-state index in [1.165, 1.54) is 0 Å². The number of carbonyl (C=O) groups is 1. The first-order valence-electron chi connectivity index (χ1n) is 6.92. The van der Waals surface area contributed by atoms with Crippen LogP contribution in [0.25, 0.3) is 0 Å². The van der Waals surface area contributed by atoms with Gasteiger partial charge in [-0.2, -0.15) is 0 Å². The standard InChI is InChI=1S/C17H17NO3/c1-11-3-5-14(12(2)9-11)17(19)18-13-4-6-15-16(10-13)21-8-7-20-15/h3-6,9-10H,7-8H2,1-2H3,(H,18,19). The summed E-state index contributed by atoms with van der Waals surface area (Å²) in [5.41, 5.74) is 3.48. The molecule has 0 saturated heterocycles. The quantitative estimate of drug-likeness (QED) is 0.919. The fourth-order valence-electron chi connectivity index (χ4n) is 2.39. The molecule has 3 rings (SSSR count). The first-order valence-corrected chi connectivity index (χ1v) is 6.92. The van der Waals surface area contributed by atoms with Crippen molar-refractivity contribution in [3.05, 3.63) is 53.1 Å². The van der Waals surface area contributed by atoms with Crippen LogP contribution in [-0.4, -0.2) is 19.1 Å². The number of nitrogens with one attached hydrogen (secondary N) is 1. The fraction of sp³-hybridized carbons (Fsp3) is 0.235. The highest BCUT2D eigenvalue weighted by atomic mass is 16.6. The second-order valence-electron chi connectivity index (χ2n) is 5.13. The molecule has 0 saturated carbocycles. The van der Waals surface area contributed by atoms with Gasteiger partial charge in [-0.1, -0.05) is 17.7 Å². The van der Waals surface area contributed by atoms with Crippen LogP contribution in [0.2, 0.25) is 0 Å². The number of benzene rings is 2. The Labute approximate surface area is 123 Å². The molecule has 0 spiro atoms.